The number of nitrogens with zero attached hydrogens (tertiary/aromatic N) is 4. The van der Waals surface area contributed by atoms with Crippen molar-refractivity contribution in [1.29, 1.82) is 0 Å². The van der Waals surface area contributed by atoms with Crippen LogP contribution >= 0.6 is 10.8 Å². The van der Waals surface area contributed by atoms with Crippen molar-refractivity contribution < 1.29 is 17.9 Å². The highest BCUT2D eigenvalue weighted by Gasteiger charge is 2.38. The summed E-state index contributed by atoms with van der Waals surface area (Å²) in [6.45, 7) is 0.162. The zero-order chi connectivity index (χ0) is 23.4. The first-order chi connectivity index (χ1) is 16.4. The van der Waals surface area contributed by atoms with Gasteiger partial charge in [-0.1, -0.05) is 35.0 Å². The van der Waals surface area contributed by atoms with Gasteiger partial charge in [0.05, 0.1) is 11.4 Å². The lowest BCUT2D eigenvalue weighted by molar-refractivity contribution is 0.478. The van der Waals surface area contributed by atoms with Gasteiger partial charge in [-0.15, -0.1) is 0 Å². The summed E-state index contributed by atoms with van der Waals surface area (Å²) in [4.78, 5) is 22.3. The van der Waals surface area contributed by atoms with Crippen molar-refractivity contribution in [3.63, 3.8) is 0 Å². The topological polar surface area (TPSA) is 105 Å². The van der Waals surface area contributed by atoms with E-state index in [0.717, 1.165) is 5.56 Å². The number of fused-ring (bicyclic) bond motifs is 2. The van der Waals surface area contributed by atoms with E-state index in [1.54, 1.807) is 42.6 Å². The number of benzene rings is 2. The van der Waals surface area contributed by atoms with Crippen molar-refractivity contribution >= 4 is 27.7 Å². The van der Waals surface area contributed by atoms with Crippen LogP contribution in [0.15, 0.2) is 93.2 Å². The van der Waals surface area contributed by atoms with Gasteiger partial charge in [-0.05, 0) is 48.0 Å². The predicted octanol–water partition coefficient (Wildman–Crippen LogP) is 5.22. The maximum Gasteiger partial charge on any atom is 0.319 e. The van der Waals surface area contributed by atoms with Gasteiger partial charge < -0.3 is 4.42 Å². The Morgan fingerprint density at radius 3 is 2.59 bits per heavy atom. The molecule has 0 radical (unpaired) electrons. The Bertz CT molecular complexity index is 1610. The molecular formula is C24H17FN4O4S. The standard InChI is InChI=1S/C24H17FN4O4S/c25-18-9-7-16(8-10-18)21-22(28-13-11-15-5-3-12-26-20(15)23(28)30)27-24(33-21)29-14-17-4-1-2-6-19(17)34(29,31)32/h1-13,31-32H,14H2. The summed E-state index contributed by atoms with van der Waals surface area (Å²) in [6, 6.07) is 17.7. The molecule has 1 aliphatic rings. The molecule has 0 unspecified atom stereocenters. The van der Waals surface area contributed by atoms with Crippen LogP contribution in [0.5, 0.6) is 0 Å². The molecule has 8 nitrogen and oxygen atoms in total. The lowest BCUT2D eigenvalue weighted by atomic mass is 10.1. The van der Waals surface area contributed by atoms with E-state index in [0.29, 0.717) is 15.8 Å². The minimum Gasteiger partial charge on any atom is -0.420 e. The van der Waals surface area contributed by atoms with Gasteiger partial charge >= 0.3 is 6.01 Å². The number of rotatable bonds is 3. The summed E-state index contributed by atoms with van der Waals surface area (Å²) >= 11 is 0. The molecule has 0 saturated heterocycles. The minimum absolute atomic E-state index is 0.0708. The number of anilines is 1. The Morgan fingerprint density at radius 2 is 1.79 bits per heavy atom. The van der Waals surface area contributed by atoms with Gasteiger partial charge in [-0.3, -0.25) is 23.5 Å². The van der Waals surface area contributed by atoms with Crippen LogP contribution in [0, 0.1) is 5.82 Å². The second-order valence-electron chi connectivity index (χ2n) is 7.75. The van der Waals surface area contributed by atoms with Gasteiger partial charge in [-0.2, -0.15) is 4.98 Å². The highest BCUT2D eigenvalue weighted by Crippen LogP contribution is 2.60. The van der Waals surface area contributed by atoms with Crippen LogP contribution in [-0.4, -0.2) is 23.6 Å². The lowest BCUT2D eigenvalue weighted by Gasteiger charge is -2.35. The van der Waals surface area contributed by atoms with Gasteiger partial charge in [0.1, 0.15) is 11.3 Å². The van der Waals surface area contributed by atoms with Crippen LogP contribution in [0.2, 0.25) is 0 Å². The average Bonchev–Trinajstić information content (AvgIpc) is 3.39. The molecule has 34 heavy (non-hydrogen) atoms. The molecule has 170 valence electrons. The fourth-order valence-corrected chi connectivity index (χ4v) is 5.63. The molecule has 2 aromatic carbocycles. The largest absolute Gasteiger partial charge is 0.420 e. The number of oxazole rings is 1. The van der Waals surface area contributed by atoms with Gasteiger partial charge in [0, 0.05) is 23.3 Å². The van der Waals surface area contributed by atoms with E-state index in [-0.39, 0.29) is 29.7 Å². The lowest BCUT2D eigenvalue weighted by Crippen LogP contribution is -2.22. The Balaban J connectivity index is 1.56. The normalized spacial score (nSPS) is 15.4. The van der Waals surface area contributed by atoms with Crippen LogP contribution in [0.3, 0.4) is 0 Å². The van der Waals surface area contributed by atoms with Crippen molar-refractivity contribution in [1.82, 2.24) is 14.5 Å². The highest BCUT2D eigenvalue weighted by molar-refractivity contribution is 8.25. The molecular weight excluding hydrogens is 459 g/mol. The van der Waals surface area contributed by atoms with Crippen molar-refractivity contribution in [3.8, 4) is 17.1 Å². The molecule has 2 N–H and O–H groups in total. The van der Waals surface area contributed by atoms with E-state index >= 15 is 0 Å². The van der Waals surface area contributed by atoms with Crippen molar-refractivity contribution in [2.45, 2.75) is 11.4 Å². The van der Waals surface area contributed by atoms with E-state index in [4.69, 9.17) is 4.42 Å². The zero-order valence-electron chi connectivity index (χ0n) is 17.5. The fourth-order valence-electron chi connectivity index (χ4n) is 4.04. The summed E-state index contributed by atoms with van der Waals surface area (Å²) in [7, 11) is -3.40. The van der Waals surface area contributed by atoms with E-state index in [1.807, 2.05) is 6.07 Å². The number of aromatic nitrogens is 3. The third-order valence-corrected chi connectivity index (χ3v) is 7.59. The van der Waals surface area contributed by atoms with E-state index in [9.17, 15) is 18.3 Å². The molecule has 0 bridgehead atoms. The maximum atomic E-state index is 13.6. The van der Waals surface area contributed by atoms with Crippen LogP contribution in [0.4, 0.5) is 10.4 Å². The SMILES string of the molecule is O=c1c2ncccc2ccn1-c1nc(N2Cc3ccccc3S2(O)O)oc1-c1ccc(F)cc1. The smallest absolute Gasteiger partial charge is 0.319 e. The quantitative estimate of drug-likeness (QED) is 0.368. The summed E-state index contributed by atoms with van der Waals surface area (Å²) in [5.74, 6) is -0.120. The second-order valence-corrected chi connectivity index (χ2v) is 9.67. The van der Waals surface area contributed by atoms with Crippen LogP contribution in [0.25, 0.3) is 28.0 Å². The first kappa shape index (κ1) is 20.6. The number of hydrogen-bond acceptors (Lipinski definition) is 7. The summed E-state index contributed by atoms with van der Waals surface area (Å²) in [6.07, 6.45) is 3.08. The maximum absolute atomic E-state index is 13.6. The second kappa shape index (κ2) is 7.52. The van der Waals surface area contributed by atoms with E-state index in [1.165, 1.54) is 39.3 Å². The molecule has 0 amide bonds. The van der Waals surface area contributed by atoms with Gasteiger partial charge in [0.2, 0.25) is 0 Å². The molecule has 3 aromatic heterocycles. The van der Waals surface area contributed by atoms with Crippen LogP contribution in [0.1, 0.15) is 5.56 Å². The Morgan fingerprint density at radius 1 is 1.00 bits per heavy atom. The summed E-state index contributed by atoms with van der Waals surface area (Å²) in [5, 5.41) is 0.667. The third-order valence-electron chi connectivity index (χ3n) is 5.70. The Hall–Kier alpha value is -3.99. The average molecular weight is 476 g/mol. The molecule has 0 saturated carbocycles. The van der Waals surface area contributed by atoms with Crippen molar-refractivity contribution in [2.75, 3.05) is 4.31 Å². The number of halogens is 1. The molecule has 4 heterocycles. The van der Waals surface area contributed by atoms with Gasteiger partial charge in [0.25, 0.3) is 5.56 Å². The highest BCUT2D eigenvalue weighted by atomic mass is 32.3. The predicted molar refractivity (Wildman–Crippen MR) is 127 cm³/mol. The molecule has 0 aliphatic carbocycles. The summed E-state index contributed by atoms with van der Waals surface area (Å²) < 4.78 is 44.1. The van der Waals surface area contributed by atoms with E-state index in [2.05, 4.69) is 9.97 Å². The molecule has 5 aromatic rings. The zero-order valence-corrected chi connectivity index (χ0v) is 18.3. The van der Waals surface area contributed by atoms with Crippen LogP contribution in [-0.2, 0) is 6.54 Å². The molecule has 6 rings (SSSR count). The molecule has 10 heteroatoms. The summed E-state index contributed by atoms with van der Waals surface area (Å²) in [5.41, 5.74) is 1.03. The first-order valence-corrected chi connectivity index (χ1v) is 11.8. The minimum atomic E-state index is -3.40. The Kier molecular flexibility index (Phi) is 4.56. The Labute approximate surface area is 194 Å². The van der Waals surface area contributed by atoms with Gasteiger partial charge in [-0.25, -0.2) is 8.70 Å². The number of pyridine rings is 2. The first-order valence-electron chi connectivity index (χ1n) is 10.3. The molecule has 1 aliphatic heterocycles. The number of hydrogen-bond donors (Lipinski definition) is 2. The molecule has 0 spiro atoms. The van der Waals surface area contributed by atoms with Crippen LogP contribution < -0.4 is 9.86 Å². The third kappa shape index (κ3) is 3.11. The molecule has 0 fully saturated rings. The van der Waals surface area contributed by atoms with Gasteiger partial charge in [0.15, 0.2) is 11.6 Å². The molecule has 0 atom stereocenters. The monoisotopic (exact) mass is 476 g/mol. The fraction of sp³-hybridized carbons (Fsp3) is 0.0417. The van der Waals surface area contributed by atoms with Crippen molar-refractivity contribution in [3.05, 3.63) is 101 Å². The van der Waals surface area contributed by atoms with Crippen molar-refractivity contribution in [2.24, 2.45) is 0 Å². The van der Waals surface area contributed by atoms with E-state index < -0.39 is 22.2 Å².